The molecule has 6 rings (SSSR count). The molecule has 1 fully saturated rings. The van der Waals surface area contributed by atoms with E-state index in [9.17, 15) is 0 Å². The lowest BCUT2D eigenvalue weighted by atomic mass is 9.77. The van der Waals surface area contributed by atoms with Gasteiger partial charge in [0.25, 0.3) is 0 Å². The smallest absolute Gasteiger partial charge is 0.228 e. The SMILES string of the molecule is COc1ccc2c(N3CCCCC3)cc3c(c2c1)N=CC1(O3)N(C)c2ccccc2C1(C)C. The summed E-state index contributed by atoms with van der Waals surface area (Å²) in [6.07, 6.45) is 5.76. The van der Waals surface area contributed by atoms with Crippen LogP contribution in [0.5, 0.6) is 11.5 Å². The highest BCUT2D eigenvalue weighted by atomic mass is 16.5. The first-order chi connectivity index (χ1) is 16.0. The van der Waals surface area contributed by atoms with Crippen LogP contribution < -0.4 is 19.3 Å². The number of hydrogen-bond donors (Lipinski definition) is 0. The van der Waals surface area contributed by atoms with Crippen molar-refractivity contribution in [2.24, 2.45) is 4.99 Å². The van der Waals surface area contributed by atoms with Gasteiger partial charge in [-0.2, -0.15) is 0 Å². The molecule has 3 aromatic carbocycles. The number of piperidine rings is 1. The lowest BCUT2D eigenvalue weighted by Crippen LogP contribution is -2.61. The van der Waals surface area contributed by atoms with Gasteiger partial charge in [-0.25, -0.2) is 0 Å². The van der Waals surface area contributed by atoms with Crippen molar-refractivity contribution in [3.63, 3.8) is 0 Å². The number of hydrogen-bond acceptors (Lipinski definition) is 5. The summed E-state index contributed by atoms with van der Waals surface area (Å²) in [7, 11) is 3.82. The molecule has 33 heavy (non-hydrogen) atoms. The maximum atomic E-state index is 7.01. The van der Waals surface area contributed by atoms with Crippen molar-refractivity contribution in [3.05, 3.63) is 54.1 Å². The molecule has 1 atom stereocenters. The van der Waals surface area contributed by atoms with Gasteiger partial charge in [0.15, 0.2) is 5.75 Å². The number of aliphatic imine (C=N–C) groups is 1. The average Bonchev–Trinajstić information content (AvgIpc) is 3.02. The molecule has 0 radical (unpaired) electrons. The summed E-state index contributed by atoms with van der Waals surface area (Å²) in [5.74, 6) is 1.67. The zero-order valence-corrected chi connectivity index (χ0v) is 19.9. The highest BCUT2D eigenvalue weighted by Gasteiger charge is 2.58. The number of likely N-dealkylation sites (N-methyl/N-ethyl adjacent to an activating group) is 1. The zero-order chi connectivity index (χ0) is 22.8. The van der Waals surface area contributed by atoms with Crippen molar-refractivity contribution in [1.82, 2.24) is 0 Å². The molecule has 3 aromatic rings. The Morgan fingerprint density at radius 3 is 2.48 bits per heavy atom. The summed E-state index contributed by atoms with van der Waals surface area (Å²) in [5.41, 5.74) is 3.63. The Morgan fingerprint density at radius 1 is 0.939 bits per heavy atom. The summed E-state index contributed by atoms with van der Waals surface area (Å²) < 4.78 is 12.6. The van der Waals surface area contributed by atoms with Crippen molar-refractivity contribution in [1.29, 1.82) is 0 Å². The Labute approximate surface area is 195 Å². The standard InChI is InChI=1S/C28H31N3O2/c1-27(2)22-10-6-7-11-23(22)30(3)28(27)18-29-26-21-16-19(32-4)12-13-20(21)24(17-25(26)33-28)31-14-8-5-9-15-31/h6-7,10-13,16-18H,5,8-9,14-15H2,1-4H3. The first-order valence-corrected chi connectivity index (χ1v) is 11.9. The molecule has 5 nitrogen and oxygen atoms in total. The van der Waals surface area contributed by atoms with E-state index in [1.54, 1.807) is 7.11 Å². The highest BCUT2D eigenvalue weighted by Crippen LogP contribution is 2.55. The van der Waals surface area contributed by atoms with E-state index in [2.05, 4.69) is 73.2 Å². The van der Waals surface area contributed by atoms with E-state index in [0.29, 0.717) is 0 Å². The minimum atomic E-state index is -0.685. The van der Waals surface area contributed by atoms with E-state index < -0.39 is 5.72 Å². The fourth-order valence-electron chi connectivity index (χ4n) is 5.96. The van der Waals surface area contributed by atoms with E-state index >= 15 is 0 Å². The second-order valence-corrected chi connectivity index (χ2v) is 9.96. The van der Waals surface area contributed by atoms with Gasteiger partial charge in [0, 0.05) is 48.4 Å². The van der Waals surface area contributed by atoms with Crippen molar-refractivity contribution in [2.45, 2.75) is 44.2 Å². The van der Waals surface area contributed by atoms with E-state index in [0.717, 1.165) is 35.7 Å². The van der Waals surface area contributed by atoms with E-state index in [1.807, 2.05) is 12.3 Å². The molecular weight excluding hydrogens is 410 g/mol. The van der Waals surface area contributed by atoms with Crippen molar-refractivity contribution in [3.8, 4) is 11.5 Å². The van der Waals surface area contributed by atoms with Crippen LogP contribution >= 0.6 is 0 Å². The molecule has 1 spiro atoms. The second-order valence-electron chi connectivity index (χ2n) is 9.96. The van der Waals surface area contributed by atoms with Gasteiger partial charge in [-0.1, -0.05) is 18.2 Å². The number of fused-ring (bicyclic) bond motifs is 4. The van der Waals surface area contributed by atoms with Gasteiger partial charge in [-0.05, 0) is 62.9 Å². The number of ether oxygens (including phenoxy) is 2. The zero-order valence-electron chi connectivity index (χ0n) is 19.9. The fraction of sp³-hybridized carbons (Fsp3) is 0.393. The van der Waals surface area contributed by atoms with Gasteiger partial charge in [-0.15, -0.1) is 0 Å². The van der Waals surface area contributed by atoms with Crippen molar-refractivity contribution in [2.75, 3.05) is 37.0 Å². The molecule has 0 bridgehead atoms. The van der Waals surface area contributed by atoms with Gasteiger partial charge in [0.05, 0.1) is 18.7 Å². The topological polar surface area (TPSA) is 37.3 Å². The third-order valence-electron chi connectivity index (χ3n) is 7.92. The molecule has 0 saturated carbocycles. The van der Waals surface area contributed by atoms with Crippen LogP contribution in [0.15, 0.2) is 53.5 Å². The monoisotopic (exact) mass is 441 g/mol. The van der Waals surface area contributed by atoms with E-state index in [4.69, 9.17) is 14.5 Å². The normalized spacial score (nSPS) is 22.9. The Hall–Kier alpha value is -3.21. The van der Waals surface area contributed by atoms with Crippen LogP contribution in [0.2, 0.25) is 0 Å². The number of para-hydroxylation sites is 1. The lowest BCUT2D eigenvalue weighted by molar-refractivity contribution is 0.0827. The van der Waals surface area contributed by atoms with Gasteiger partial charge in [0.1, 0.15) is 11.4 Å². The number of rotatable bonds is 2. The van der Waals surface area contributed by atoms with Crippen LogP contribution in [-0.2, 0) is 5.41 Å². The molecule has 0 aliphatic carbocycles. The Morgan fingerprint density at radius 2 is 1.73 bits per heavy atom. The molecule has 5 heteroatoms. The molecule has 1 saturated heterocycles. The van der Waals surface area contributed by atoms with Crippen molar-refractivity contribution >= 4 is 34.0 Å². The van der Waals surface area contributed by atoms with Crippen LogP contribution in [0.25, 0.3) is 10.8 Å². The second kappa shape index (κ2) is 7.14. The number of anilines is 2. The number of benzene rings is 3. The highest BCUT2D eigenvalue weighted by molar-refractivity contribution is 6.06. The molecule has 3 aliphatic rings. The average molecular weight is 442 g/mol. The first-order valence-electron chi connectivity index (χ1n) is 11.9. The van der Waals surface area contributed by atoms with Gasteiger partial charge in [0.2, 0.25) is 5.72 Å². The van der Waals surface area contributed by atoms with E-state index in [1.165, 1.54) is 41.6 Å². The summed E-state index contributed by atoms with van der Waals surface area (Å²) in [6, 6.07) is 17.1. The van der Waals surface area contributed by atoms with Gasteiger partial charge in [-0.3, -0.25) is 4.99 Å². The fourth-order valence-corrected chi connectivity index (χ4v) is 5.96. The van der Waals surface area contributed by atoms with E-state index in [-0.39, 0.29) is 5.41 Å². The molecule has 3 aliphatic heterocycles. The third-order valence-corrected chi connectivity index (χ3v) is 7.92. The van der Waals surface area contributed by atoms with Crippen LogP contribution in [0.4, 0.5) is 17.1 Å². The molecular formula is C28H31N3O2. The summed E-state index contributed by atoms with van der Waals surface area (Å²) in [4.78, 5) is 9.83. The summed E-state index contributed by atoms with van der Waals surface area (Å²) in [6.45, 7) is 6.65. The summed E-state index contributed by atoms with van der Waals surface area (Å²) in [5, 5.41) is 2.28. The van der Waals surface area contributed by atoms with Crippen LogP contribution in [0.3, 0.4) is 0 Å². The minimum Gasteiger partial charge on any atom is -0.497 e. The van der Waals surface area contributed by atoms with Crippen LogP contribution in [-0.4, -0.2) is 39.2 Å². The lowest BCUT2D eigenvalue weighted by Gasteiger charge is -2.45. The Bertz CT molecular complexity index is 1280. The Kier molecular flexibility index (Phi) is 4.42. The number of methoxy groups -OCH3 is 1. The third kappa shape index (κ3) is 2.74. The minimum absolute atomic E-state index is 0.270. The maximum Gasteiger partial charge on any atom is 0.228 e. The molecule has 1 unspecified atom stereocenters. The molecule has 0 amide bonds. The van der Waals surface area contributed by atoms with Gasteiger partial charge >= 0.3 is 0 Å². The predicted octanol–water partition coefficient (Wildman–Crippen LogP) is 6.06. The van der Waals surface area contributed by atoms with Crippen LogP contribution in [0.1, 0.15) is 38.7 Å². The number of nitrogens with zero attached hydrogens (tertiary/aromatic N) is 3. The molecule has 170 valence electrons. The first kappa shape index (κ1) is 20.4. The van der Waals surface area contributed by atoms with Crippen molar-refractivity contribution < 1.29 is 9.47 Å². The summed E-state index contributed by atoms with van der Waals surface area (Å²) >= 11 is 0. The Balaban J connectivity index is 1.55. The predicted molar refractivity (Wildman–Crippen MR) is 136 cm³/mol. The molecule has 0 N–H and O–H groups in total. The maximum absolute atomic E-state index is 7.01. The largest absolute Gasteiger partial charge is 0.497 e. The van der Waals surface area contributed by atoms with Crippen LogP contribution in [0, 0.1) is 0 Å². The molecule has 3 heterocycles. The van der Waals surface area contributed by atoms with Gasteiger partial charge < -0.3 is 19.3 Å². The quantitative estimate of drug-likeness (QED) is 0.485. The molecule has 0 aromatic heterocycles.